The fourth-order valence-electron chi connectivity index (χ4n) is 4.03. The Hall–Kier alpha value is -3.94. The molecule has 1 aliphatic rings. The summed E-state index contributed by atoms with van der Waals surface area (Å²) in [6.07, 6.45) is 2.56. The van der Waals surface area contributed by atoms with Crippen LogP contribution in [0.15, 0.2) is 46.1 Å². The predicted octanol–water partition coefficient (Wildman–Crippen LogP) is 3.90. The Bertz CT molecular complexity index is 1550. The van der Waals surface area contributed by atoms with Crippen LogP contribution in [0.2, 0.25) is 0 Å². The lowest BCUT2D eigenvalue weighted by Crippen LogP contribution is -2.27. The van der Waals surface area contributed by atoms with Crippen molar-refractivity contribution in [3.8, 4) is 17.2 Å². The minimum atomic E-state index is -4.65. The molecule has 10 nitrogen and oxygen atoms in total. The number of ether oxygens (including phenoxy) is 3. The van der Waals surface area contributed by atoms with Gasteiger partial charge in [0, 0.05) is 18.0 Å². The lowest BCUT2D eigenvalue weighted by Gasteiger charge is -2.27. The molecule has 3 heterocycles. The number of anilines is 1. The number of methoxy groups -OCH3 is 2. The Morgan fingerprint density at radius 1 is 1.25 bits per heavy atom. The van der Waals surface area contributed by atoms with Crippen LogP contribution in [0, 0.1) is 5.82 Å². The van der Waals surface area contributed by atoms with Crippen LogP contribution in [0.4, 0.5) is 19.0 Å². The van der Waals surface area contributed by atoms with Crippen molar-refractivity contribution in [1.29, 1.82) is 0 Å². The van der Waals surface area contributed by atoms with E-state index in [0.717, 1.165) is 12.1 Å². The number of alkyl halides is 2. The molecule has 2 aromatic heterocycles. The Balaban J connectivity index is 1.61. The molecule has 1 N–H and O–H groups in total. The second-order valence-corrected chi connectivity index (χ2v) is 9.49. The highest BCUT2D eigenvalue weighted by Gasteiger charge is 2.42. The Morgan fingerprint density at radius 2 is 2.06 bits per heavy atom. The topological polar surface area (TPSA) is 118 Å². The lowest BCUT2D eigenvalue weighted by molar-refractivity contribution is -0.0415. The van der Waals surface area contributed by atoms with Crippen molar-refractivity contribution in [2.24, 2.45) is 0 Å². The molecular formula is C22H19F3N4O6S. The maximum atomic E-state index is 15.3. The first-order valence-corrected chi connectivity index (χ1v) is 12.0. The molecule has 2 aromatic carbocycles. The van der Waals surface area contributed by atoms with E-state index in [0.29, 0.717) is 0 Å². The molecule has 0 saturated heterocycles. The van der Waals surface area contributed by atoms with Crippen molar-refractivity contribution in [3.63, 3.8) is 0 Å². The van der Waals surface area contributed by atoms with E-state index in [9.17, 15) is 17.2 Å². The maximum Gasteiger partial charge on any atom is 0.280 e. The molecule has 0 aliphatic carbocycles. The normalized spacial score (nSPS) is 14.8. The Labute approximate surface area is 202 Å². The van der Waals surface area contributed by atoms with E-state index >= 15 is 4.39 Å². The van der Waals surface area contributed by atoms with Crippen LogP contribution in [-0.2, 0) is 22.5 Å². The van der Waals surface area contributed by atoms with Crippen molar-refractivity contribution < 1.29 is 40.3 Å². The molecule has 0 radical (unpaired) electrons. The number of halogens is 3. The van der Waals surface area contributed by atoms with Gasteiger partial charge in [-0.3, -0.25) is 9.40 Å². The number of sulfonamides is 1. The van der Waals surface area contributed by atoms with E-state index in [1.807, 2.05) is 0 Å². The molecule has 14 heteroatoms. The van der Waals surface area contributed by atoms with E-state index in [-0.39, 0.29) is 34.6 Å². The van der Waals surface area contributed by atoms with Crippen molar-refractivity contribution >= 4 is 26.8 Å². The third kappa shape index (κ3) is 3.86. The summed E-state index contributed by atoms with van der Waals surface area (Å²) in [5.74, 6) is -5.58. The van der Waals surface area contributed by atoms with Crippen LogP contribution in [-0.4, -0.2) is 44.2 Å². The standard InChI is InChI=1S/C22H19F3N4O6S/c1-32-14-5-4-13-18(34-9-6-22(13,24)25)20(14)36(30,31)28-21-16-15(35-27-21)10-12(17(23)19(16)33-2)11-29-8-3-7-26-29/h3-5,7-8,10H,6,9,11H2,1-2H3,(H,27,28). The second-order valence-electron chi connectivity index (χ2n) is 7.87. The van der Waals surface area contributed by atoms with E-state index in [1.54, 1.807) is 12.3 Å². The molecular weight excluding hydrogens is 505 g/mol. The summed E-state index contributed by atoms with van der Waals surface area (Å²) in [4.78, 5) is -0.646. The van der Waals surface area contributed by atoms with Gasteiger partial charge in [0.25, 0.3) is 15.9 Å². The van der Waals surface area contributed by atoms with E-state index in [1.165, 1.54) is 31.2 Å². The number of aromatic nitrogens is 3. The van der Waals surface area contributed by atoms with Crippen LogP contribution < -0.4 is 18.9 Å². The highest BCUT2D eigenvalue weighted by molar-refractivity contribution is 7.93. The number of benzene rings is 2. The fourth-order valence-corrected chi connectivity index (χ4v) is 5.35. The van der Waals surface area contributed by atoms with Crippen LogP contribution in [0.3, 0.4) is 0 Å². The van der Waals surface area contributed by atoms with Crippen LogP contribution in [0.1, 0.15) is 17.5 Å². The summed E-state index contributed by atoms with van der Waals surface area (Å²) in [6.45, 7) is -0.355. The first kappa shape index (κ1) is 23.8. The van der Waals surface area contributed by atoms with Gasteiger partial charge in [-0.2, -0.15) is 5.10 Å². The number of fused-ring (bicyclic) bond motifs is 2. The largest absolute Gasteiger partial charge is 0.495 e. The predicted molar refractivity (Wildman–Crippen MR) is 120 cm³/mol. The zero-order valence-electron chi connectivity index (χ0n) is 18.9. The molecule has 0 saturated carbocycles. The van der Waals surface area contributed by atoms with Gasteiger partial charge in [-0.05, 0) is 24.3 Å². The average molecular weight is 524 g/mol. The fraction of sp³-hybridized carbons (Fsp3) is 0.273. The summed E-state index contributed by atoms with van der Waals surface area (Å²) < 4.78 is 95.7. The van der Waals surface area contributed by atoms with Gasteiger partial charge in [-0.1, -0.05) is 5.16 Å². The maximum absolute atomic E-state index is 15.3. The second kappa shape index (κ2) is 8.62. The molecule has 0 fully saturated rings. The zero-order chi connectivity index (χ0) is 25.7. The van der Waals surface area contributed by atoms with E-state index in [4.69, 9.17) is 18.7 Å². The monoisotopic (exact) mass is 524 g/mol. The molecule has 5 rings (SSSR count). The lowest BCUT2D eigenvalue weighted by atomic mass is 10.0. The first-order valence-electron chi connectivity index (χ1n) is 10.5. The summed E-state index contributed by atoms with van der Waals surface area (Å²) in [5, 5.41) is 7.66. The molecule has 0 spiro atoms. The van der Waals surface area contributed by atoms with Gasteiger partial charge in [0.1, 0.15) is 11.1 Å². The molecule has 4 aromatic rings. The van der Waals surface area contributed by atoms with Gasteiger partial charge in [-0.25, -0.2) is 21.6 Å². The number of hydrogen-bond donors (Lipinski definition) is 1. The van der Waals surface area contributed by atoms with Crippen LogP contribution in [0.25, 0.3) is 11.0 Å². The SMILES string of the molecule is COc1ccc2c(c1S(=O)(=O)Nc1noc3cc(Cn4cccn4)c(F)c(OC)c13)OCCC2(F)F. The minimum absolute atomic E-state index is 0.0259. The van der Waals surface area contributed by atoms with Crippen molar-refractivity contribution in [2.75, 3.05) is 25.5 Å². The highest BCUT2D eigenvalue weighted by Crippen LogP contribution is 2.48. The van der Waals surface area contributed by atoms with E-state index < -0.39 is 56.8 Å². The third-order valence-corrected chi connectivity index (χ3v) is 7.07. The van der Waals surface area contributed by atoms with E-state index in [2.05, 4.69) is 15.0 Å². The van der Waals surface area contributed by atoms with Gasteiger partial charge in [-0.15, -0.1) is 0 Å². The molecule has 1 aliphatic heterocycles. The smallest absolute Gasteiger partial charge is 0.280 e. The number of nitrogens with one attached hydrogen (secondary N) is 1. The Kier molecular flexibility index (Phi) is 5.70. The summed E-state index contributed by atoms with van der Waals surface area (Å²) >= 11 is 0. The molecule has 0 amide bonds. The van der Waals surface area contributed by atoms with Gasteiger partial charge >= 0.3 is 0 Å². The third-order valence-electron chi connectivity index (χ3n) is 5.68. The number of hydrogen-bond acceptors (Lipinski definition) is 8. The first-order chi connectivity index (χ1) is 17.2. The average Bonchev–Trinajstić information content (AvgIpc) is 3.48. The number of rotatable bonds is 7. The molecule has 190 valence electrons. The van der Waals surface area contributed by atoms with Crippen LogP contribution in [0.5, 0.6) is 17.2 Å². The van der Waals surface area contributed by atoms with Gasteiger partial charge in [0.2, 0.25) is 0 Å². The van der Waals surface area contributed by atoms with Crippen molar-refractivity contribution in [1.82, 2.24) is 14.9 Å². The number of nitrogens with zero attached hydrogens (tertiary/aromatic N) is 3. The molecule has 0 unspecified atom stereocenters. The molecule has 0 bridgehead atoms. The zero-order valence-corrected chi connectivity index (χ0v) is 19.7. The molecule has 0 atom stereocenters. The Morgan fingerprint density at radius 3 is 2.75 bits per heavy atom. The quantitative estimate of drug-likeness (QED) is 0.387. The highest BCUT2D eigenvalue weighted by atomic mass is 32.2. The van der Waals surface area contributed by atoms with Gasteiger partial charge < -0.3 is 18.7 Å². The minimum Gasteiger partial charge on any atom is -0.495 e. The van der Waals surface area contributed by atoms with Crippen LogP contribution >= 0.6 is 0 Å². The molecule has 36 heavy (non-hydrogen) atoms. The van der Waals surface area contributed by atoms with Gasteiger partial charge in [0.05, 0.1) is 39.4 Å². The summed E-state index contributed by atoms with van der Waals surface area (Å²) in [5.41, 5.74) is -0.409. The van der Waals surface area contributed by atoms with Gasteiger partial charge in [0.15, 0.2) is 33.6 Å². The summed E-state index contributed by atoms with van der Waals surface area (Å²) in [6, 6.07) is 5.18. The van der Waals surface area contributed by atoms with Crippen molar-refractivity contribution in [3.05, 3.63) is 53.6 Å². The summed E-state index contributed by atoms with van der Waals surface area (Å²) in [7, 11) is -2.26. The van der Waals surface area contributed by atoms with Crippen molar-refractivity contribution in [2.45, 2.75) is 23.8 Å².